The standard InChI is InChI=1S/C10H11ClF2N2O2/c11-8-6(10(16)17)7(9(12)13)14-15(8)5-3-1-2-4-5/h5,9H,1-4H2,(H,16,17). The van der Waals surface area contributed by atoms with Crippen molar-refractivity contribution >= 4 is 17.6 Å². The summed E-state index contributed by atoms with van der Waals surface area (Å²) in [6, 6.07) is -0.0619. The molecule has 1 saturated carbocycles. The van der Waals surface area contributed by atoms with Crippen LogP contribution in [0.3, 0.4) is 0 Å². The van der Waals surface area contributed by atoms with Crippen LogP contribution in [-0.4, -0.2) is 20.9 Å². The zero-order valence-electron chi connectivity index (χ0n) is 8.87. The topological polar surface area (TPSA) is 55.1 Å². The number of aromatic carboxylic acids is 1. The van der Waals surface area contributed by atoms with E-state index in [4.69, 9.17) is 16.7 Å². The summed E-state index contributed by atoms with van der Waals surface area (Å²) in [7, 11) is 0. The number of aromatic nitrogens is 2. The summed E-state index contributed by atoms with van der Waals surface area (Å²) in [5.41, 5.74) is -1.32. The maximum atomic E-state index is 12.7. The molecule has 0 unspecified atom stereocenters. The lowest BCUT2D eigenvalue weighted by molar-refractivity contribution is 0.0684. The van der Waals surface area contributed by atoms with Crippen molar-refractivity contribution in [2.24, 2.45) is 0 Å². The minimum Gasteiger partial charge on any atom is -0.478 e. The first kappa shape index (κ1) is 12.3. The number of carbonyl (C=O) groups is 1. The highest BCUT2D eigenvalue weighted by Crippen LogP contribution is 2.35. The molecular weight excluding hydrogens is 254 g/mol. The van der Waals surface area contributed by atoms with E-state index < -0.39 is 23.7 Å². The first-order valence-electron chi connectivity index (χ1n) is 5.31. The van der Waals surface area contributed by atoms with Gasteiger partial charge in [0.2, 0.25) is 0 Å². The highest BCUT2D eigenvalue weighted by Gasteiger charge is 2.31. The van der Waals surface area contributed by atoms with Crippen molar-refractivity contribution in [2.75, 3.05) is 0 Å². The molecule has 7 heteroatoms. The van der Waals surface area contributed by atoms with E-state index in [0.29, 0.717) is 0 Å². The number of alkyl halides is 2. The van der Waals surface area contributed by atoms with Crippen LogP contribution in [0.1, 0.15) is 54.2 Å². The van der Waals surface area contributed by atoms with Crippen LogP contribution in [0.5, 0.6) is 0 Å². The number of carboxylic acid groups (broad SMARTS) is 1. The Labute approximate surface area is 101 Å². The molecule has 1 heterocycles. The zero-order chi connectivity index (χ0) is 12.6. The van der Waals surface area contributed by atoms with Gasteiger partial charge in [0.15, 0.2) is 0 Å². The Morgan fingerprint density at radius 3 is 2.47 bits per heavy atom. The molecule has 1 aromatic heterocycles. The quantitative estimate of drug-likeness (QED) is 0.911. The second-order valence-electron chi connectivity index (χ2n) is 4.04. The van der Waals surface area contributed by atoms with Gasteiger partial charge in [0, 0.05) is 0 Å². The zero-order valence-corrected chi connectivity index (χ0v) is 9.62. The van der Waals surface area contributed by atoms with Gasteiger partial charge in [-0.15, -0.1) is 0 Å². The molecule has 1 aromatic rings. The molecule has 1 aliphatic carbocycles. The number of nitrogens with zero attached hydrogens (tertiary/aromatic N) is 2. The van der Waals surface area contributed by atoms with Gasteiger partial charge in [-0.2, -0.15) is 5.10 Å². The largest absolute Gasteiger partial charge is 0.478 e. The first-order chi connectivity index (χ1) is 8.02. The highest BCUT2D eigenvalue weighted by atomic mass is 35.5. The third-order valence-corrected chi connectivity index (χ3v) is 3.33. The van der Waals surface area contributed by atoms with Gasteiger partial charge < -0.3 is 5.11 Å². The van der Waals surface area contributed by atoms with Crippen molar-refractivity contribution in [2.45, 2.75) is 38.2 Å². The first-order valence-corrected chi connectivity index (χ1v) is 5.69. The van der Waals surface area contributed by atoms with Crippen LogP contribution in [0.15, 0.2) is 0 Å². The number of halogens is 3. The third kappa shape index (κ3) is 2.13. The summed E-state index contributed by atoms with van der Waals surface area (Å²) in [6.07, 6.45) is 0.619. The molecule has 0 radical (unpaired) electrons. The molecule has 0 aromatic carbocycles. The summed E-state index contributed by atoms with van der Waals surface area (Å²) in [6.45, 7) is 0. The van der Waals surface area contributed by atoms with Crippen molar-refractivity contribution in [1.82, 2.24) is 9.78 Å². The lowest BCUT2D eigenvalue weighted by Gasteiger charge is -2.10. The van der Waals surface area contributed by atoms with Crippen LogP contribution in [0.4, 0.5) is 8.78 Å². The molecule has 4 nitrogen and oxygen atoms in total. The van der Waals surface area contributed by atoms with Crippen molar-refractivity contribution in [3.05, 3.63) is 16.4 Å². The van der Waals surface area contributed by atoms with Gasteiger partial charge in [0.1, 0.15) is 16.4 Å². The molecule has 0 amide bonds. The number of rotatable bonds is 3. The fraction of sp³-hybridized carbons (Fsp3) is 0.600. The predicted molar refractivity (Wildman–Crippen MR) is 56.7 cm³/mol. The molecule has 2 rings (SSSR count). The Balaban J connectivity index is 2.47. The number of carboxylic acids is 1. The summed E-state index contributed by atoms with van der Waals surface area (Å²) in [4.78, 5) is 10.9. The van der Waals surface area contributed by atoms with E-state index in [0.717, 1.165) is 25.7 Å². The summed E-state index contributed by atoms with van der Waals surface area (Å²) in [5, 5.41) is 12.4. The van der Waals surface area contributed by atoms with Crippen LogP contribution in [0, 0.1) is 0 Å². The normalized spacial score (nSPS) is 16.9. The molecular formula is C10H11ClF2N2O2. The monoisotopic (exact) mass is 264 g/mol. The SMILES string of the molecule is O=C(O)c1c(C(F)F)nn(C2CCCC2)c1Cl. The summed E-state index contributed by atoms with van der Waals surface area (Å²) >= 11 is 5.83. The van der Waals surface area contributed by atoms with E-state index >= 15 is 0 Å². The second kappa shape index (κ2) is 4.60. The van der Waals surface area contributed by atoms with E-state index in [9.17, 15) is 13.6 Å². The van der Waals surface area contributed by atoms with Gasteiger partial charge in [-0.25, -0.2) is 18.3 Å². The van der Waals surface area contributed by atoms with E-state index in [1.165, 1.54) is 4.68 Å². The molecule has 0 atom stereocenters. The maximum absolute atomic E-state index is 12.7. The fourth-order valence-electron chi connectivity index (χ4n) is 2.17. The van der Waals surface area contributed by atoms with Crippen LogP contribution in [-0.2, 0) is 0 Å². The molecule has 0 saturated heterocycles. The minimum atomic E-state index is -2.93. The molecule has 1 N–H and O–H groups in total. The van der Waals surface area contributed by atoms with Crippen LogP contribution < -0.4 is 0 Å². The fourth-order valence-corrected chi connectivity index (χ4v) is 2.52. The molecule has 0 spiro atoms. The van der Waals surface area contributed by atoms with Gasteiger partial charge in [-0.3, -0.25) is 0 Å². The maximum Gasteiger partial charge on any atom is 0.341 e. The van der Waals surface area contributed by atoms with Crippen molar-refractivity contribution in [3.63, 3.8) is 0 Å². The van der Waals surface area contributed by atoms with Crippen LogP contribution in [0.25, 0.3) is 0 Å². The van der Waals surface area contributed by atoms with E-state index in [-0.39, 0.29) is 11.2 Å². The lowest BCUT2D eigenvalue weighted by atomic mass is 10.2. The van der Waals surface area contributed by atoms with Gasteiger partial charge >= 0.3 is 5.97 Å². The van der Waals surface area contributed by atoms with Gasteiger partial charge in [-0.05, 0) is 12.8 Å². The Morgan fingerprint density at radius 2 is 2.06 bits per heavy atom. The molecule has 0 aliphatic heterocycles. The van der Waals surface area contributed by atoms with Crippen molar-refractivity contribution in [3.8, 4) is 0 Å². The average Bonchev–Trinajstić information content (AvgIpc) is 2.83. The van der Waals surface area contributed by atoms with Crippen molar-refractivity contribution in [1.29, 1.82) is 0 Å². The van der Waals surface area contributed by atoms with Gasteiger partial charge in [0.25, 0.3) is 6.43 Å². The van der Waals surface area contributed by atoms with E-state index in [2.05, 4.69) is 5.10 Å². The molecule has 1 aliphatic rings. The highest BCUT2D eigenvalue weighted by molar-refractivity contribution is 6.32. The number of hydrogen-bond donors (Lipinski definition) is 1. The smallest absolute Gasteiger partial charge is 0.341 e. The predicted octanol–water partition coefficient (Wildman–Crippen LogP) is 3.29. The van der Waals surface area contributed by atoms with E-state index in [1.54, 1.807) is 0 Å². The molecule has 1 fully saturated rings. The molecule has 94 valence electrons. The number of hydrogen-bond acceptors (Lipinski definition) is 2. The average molecular weight is 265 g/mol. The Morgan fingerprint density at radius 1 is 1.47 bits per heavy atom. The summed E-state index contributed by atoms with van der Waals surface area (Å²) in [5.74, 6) is -1.46. The van der Waals surface area contributed by atoms with Gasteiger partial charge in [-0.1, -0.05) is 24.4 Å². The molecule has 17 heavy (non-hydrogen) atoms. The van der Waals surface area contributed by atoms with Gasteiger partial charge in [0.05, 0.1) is 6.04 Å². The Hall–Kier alpha value is -1.17. The summed E-state index contributed by atoms with van der Waals surface area (Å²) < 4.78 is 26.6. The van der Waals surface area contributed by atoms with Crippen molar-refractivity contribution < 1.29 is 18.7 Å². The van der Waals surface area contributed by atoms with E-state index in [1.807, 2.05) is 0 Å². The second-order valence-corrected chi connectivity index (χ2v) is 4.40. The minimum absolute atomic E-state index is 0.0619. The van der Waals surface area contributed by atoms with Crippen LogP contribution >= 0.6 is 11.6 Å². The lowest BCUT2D eigenvalue weighted by Crippen LogP contribution is -2.07. The van der Waals surface area contributed by atoms with Crippen LogP contribution in [0.2, 0.25) is 5.15 Å². The molecule has 0 bridgehead atoms. The third-order valence-electron chi connectivity index (χ3n) is 2.97. The Kier molecular flexibility index (Phi) is 3.33. The Bertz CT molecular complexity index is 442.